The fraction of sp³-hybridized carbons (Fsp3) is 0.308. The maximum atomic E-state index is 11.9. The van der Waals surface area contributed by atoms with E-state index in [9.17, 15) is 4.79 Å². The fourth-order valence-corrected chi connectivity index (χ4v) is 1.42. The lowest BCUT2D eigenvalue weighted by molar-refractivity contribution is 0.0950. The summed E-state index contributed by atoms with van der Waals surface area (Å²) in [5.41, 5.74) is 6.72. The molecule has 1 aromatic rings. The van der Waals surface area contributed by atoms with Crippen LogP contribution in [0.5, 0.6) is 5.75 Å². The molecular weight excluding hydrogens is 216 g/mol. The SMILES string of the molecule is C=CCCNC(=O)c1cccc(N)c1OCC. The third-order valence-electron chi connectivity index (χ3n) is 2.21. The molecule has 0 atom stereocenters. The molecule has 17 heavy (non-hydrogen) atoms. The van der Waals surface area contributed by atoms with E-state index in [0.29, 0.717) is 30.2 Å². The summed E-state index contributed by atoms with van der Waals surface area (Å²) in [7, 11) is 0. The van der Waals surface area contributed by atoms with E-state index < -0.39 is 0 Å². The monoisotopic (exact) mass is 234 g/mol. The quantitative estimate of drug-likeness (QED) is 0.449. The van der Waals surface area contributed by atoms with Crippen molar-refractivity contribution >= 4 is 11.6 Å². The molecule has 0 aromatic heterocycles. The van der Waals surface area contributed by atoms with Crippen LogP contribution in [-0.4, -0.2) is 19.1 Å². The number of nitrogens with one attached hydrogen (secondary N) is 1. The lowest BCUT2D eigenvalue weighted by Gasteiger charge is -2.12. The molecule has 4 nitrogen and oxygen atoms in total. The summed E-state index contributed by atoms with van der Waals surface area (Å²) in [5, 5.41) is 2.78. The minimum absolute atomic E-state index is 0.178. The van der Waals surface area contributed by atoms with Crippen molar-refractivity contribution in [3.63, 3.8) is 0 Å². The largest absolute Gasteiger partial charge is 0.491 e. The highest BCUT2D eigenvalue weighted by Crippen LogP contribution is 2.26. The highest BCUT2D eigenvalue weighted by Gasteiger charge is 2.13. The second kappa shape index (κ2) is 6.58. The Morgan fingerprint density at radius 1 is 1.59 bits per heavy atom. The number of nitrogen functional groups attached to an aromatic ring is 1. The molecule has 4 heteroatoms. The Kier molecular flexibility index (Phi) is 5.07. The predicted octanol–water partition coefficient (Wildman–Crippen LogP) is 1.97. The Morgan fingerprint density at radius 2 is 2.35 bits per heavy atom. The van der Waals surface area contributed by atoms with Crippen molar-refractivity contribution in [1.29, 1.82) is 0 Å². The lowest BCUT2D eigenvalue weighted by atomic mass is 10.1. The molecule has 1 rings (SSSR count). The fourth-order valence-electron chi connectivity index (χ4n) is 1.42. The topological polar surface area (TPSA) is 64.4 Å². The molecule has 0 radical (unpaired) electrons. The molecule has 0 aliphatic rings. The number of benzene rings is 1. The van der Waals surface area contributed by atoms with Crippen LogP contribution in [0.15, 0.2) is 30.9 Å². The first-order chi connectivity index (χ1) is 8.20. The number of amides is 1. The molecule has 0 saturated heterocycles. The zero-order chi connectivity index (χ0) is 12.7. The normalized spacial score (nSPS) is 9.71. The number of ether oxygens (including phenoxy) is 1. The van der Waals surface area contributed by atoms with Gasteiger partial charge in [0.25, 0.3) is 5.91 Å². The minimum Gasteiger partial charge on any atom is -0.491 e. The molecule has 0 saturated carbocycles. The molecule has 3 N–H and O–H groups in total. The van der Waals surface area contributed by atoms with Gasteiger partial charge in [0.05, 0.1) is 17.9 Å². The van der Waals surface area contributed by atoms with Gasteiger partial charge in [-0.15, -0.1) is 6.58 Å². The summed E-state index contributed by atoms with van der Waals surface area (Å²) in [6, 6.07) is 5.15. The van der Waals surface area contributed by atoms with E-state index in [-0.39, 0.29) is 5.91 Å². The van der Waals surface area contributed by atoms with E-state index in [1.54, 1.807) is 24.3 Å². The van der Waals surface area contributed by atoms with Gasteiger partial charge in [-0.2, -0.15) is 0 Å². The van der Waals surface area contributed by atoms with E-state index in [4.69, 9.17) is 10.5 Å². The van der Waals surface area contributed by atoms with Crippen LogP contribution in [0.3, 0.4) is 0 Å². The summed E-state index contributed by atoms with van der Waals surface area (Å²) < 4.78 is 5.39. The third-order valence-corrected chi connectivity index (χ3v) is 2.21. The van der Waals surface area contributed by atoms with Crippen molar-refractivity contribution in [3.05, 3.63) is 36.4 Å². The van der Waals surface area contributed by atoms with Crippen molar-refractivity contribution in [2.75, 3.05) is 18.9 Å². The van der Waals surface area contributed by atoms with Crippen LogP contribution in [0.25, 0.3) is 0 Å². The number of para-hydroxylation sites is 1. The lowest BCUT2D eigenvalue weighted by Crippen LogP contribution is -2.25. The van der Waals surface area contributed by atoms with Gasteiger partial charge in [0.2, 0.25) is 0 Å². The second-order valence-electron chi connectivity index (χ2n) is 3.49. The van der Waals surface area contributed by atoms with Crippen molar-refractivity contribution in [2.45, 2.75) is 13.3 Å². The zero-order valence-corrected chi connectivity index (χ0v) is 10.0. The second-order valence-corrected chi connectivity index (χ2v) is 3.49. The van der Waals surface area contributed by atoms with E-state index in [1.807, 2.05) is 6.92 Å². The molecule has 1 aromatic carbocycles. The van der Waals surface area contributed by atoms with Gasteiger partial charge in [-0.25, -0.2) is 0 Å². The molecule has 92 valence electrons. The predicted molar refractivity (Wildman–Crippen MR) is 69.2 cm³/mol. The van der Waals surface area contributed by atoms with Crippen LogP contribution >= 0.6 is 0 Å². The zero-order valence-electron chi connectivity index (χ0n) is 10.0. The number of hydrogen-bond acceptors (Lipinski definition) is 3. The molecule has 0 unspecified atom stereocenters. The summed E-state index contributed by atoms with van der Waals surface area (Å²) in [4.78, 5) is 11.9. The Bertz CT molecular complexity index is 402. The summed E-state index contributed by atoms with van der Waals surface area (Å²) >= 11 is 0. The molecule has 1 amide bonds. The number of nitrogens with two attached hydrogens (primary N) is 1. The van der Waals surface area contributed by atoms with E-state index in [0.717, 1.165) is 6.42 Å². The number of rotatable bonds is 6. The van der Waals surface area contributed by atoms with Crippen molar-refractivity contribution in [2.24, 2.45) is 0 Å². The maximum absolute atomic E-state index is 11.9. The number of anilines is 1. The number of carbonyl (C=O) groups excluding carboxylic acids is 1. The van der Waals surface area contributed by atoms with Crippen LogP contribution in [0.2, 0.25) is 0 Å². The highest BCUT2D eigenvalue weighted by molar-refractivity contribution is 5.98. The van der Waals surface area contributed by atoms with E-state index in [1.165, 1.54) is 0 Å². The average Bonchev–Trinajstić information content (AvgIpc) is 2.32. The Balaban J connectivity index is 2.84. The first-order valence-corrected chi connectivity index (χ1v) is 5.61. The van der Waals surface area contributed by atoms with Crippen molar-refractivity contribution in [3.8, 4) is 5.75 Å². The number of carbonyl (C=O) groups is 1. The van der Waals surface area contributed by atoms with Gasteiger partial charge in [-0.3, -0.25) is 4.79 Å². The van der Waals surface area contributed by atoms with Crippen LogP contribution in [0, 0.1) is 0 Å². The van der Waals surface area contributed by atoms with Crippen LogP contribution in [-0.2, 0) is 0 Å². The third kappa shape index (κ3) is 3.52. The summed E-state index contributed by atoms with van der Waals surface area (Å²) in [6.45, 7) is 6.48. The molecule has 0 spiro atoms. The Hall–Kier alpha value is -1.97. The highest BCUT2D eigenvalue weighted by atomic mass is 16.5. The van der Waals surface area contributed by atoms with E-state index >= 15 is 0 Å². The average molecular weight is 234 g/mol. The summed E-state index contributed by atoms with van der Waals surface area (Å²) in [5.74, 6) is 0.272. The molecule has 0 fully saturated rings. The van der Waals surface area contributed by atoms with Crippen LogP contribution in [0.1, 0.15) is 23.7 Å². The van der Waals surface area contributed by atoms with Gasteiger partial charge in [0, 0.05) is 6.54 Å². The number of hydrogen-bond donors (Lipinski definition) is 2. The van der Waals surface area contributed by atoms with Gasteiger partial charge < -0.3 is 15.8 Å². The molecule has 0 heterocycles. The molecule has 0 aliphatic carbocycles. The van der Waals surface area contributed by atoms with Gasteiger partial charge in [0.1, 0.15) is 0 Å². The van der Waals surface area contributed by atoms with Gasteiger partial charge >= 0.3 is 0 Å². The molecule has 0 aliphatic heterocycles. The maximum Gasteiger partial charge on any atom is 0.255 e. The van der Waals surface area contributed by atoms with Crippen LogP contribution < -0.4 is 15.8 Å². The first-order valence-electron chi connectivity index (χ1n) is 5.61. The summed E-state index contributed by atoms with van der Waals surface area (Å²) in [6.07, 6.45) is 2.49. The van der Waals surface area contributed by atoms with Crippen molar-refractivity contribution in [1.82, 2.24) is 5.32 Å². The first kappa shape index (κ1) is 13.1. The Morgan fingerprint density at radius 3 is 3.00 bits per heavy atom. The minimum atomic E-state index is -0.178. The van der Waals surface area contributed by atoms with Gasteiger partial charge in [-0.05, 0) is 25.5 Å². The standard InChI is InChI=1S/C13H18N2O2/c1-3-5-9-15-13(16)10-7-6-8-11(14)12(10)17-4-2/h3,6-8H,1,4-5,9,14H2,2H3,(H,15,16). The van der Waals surface area contributed by atoms with Crippen molar-refractivity contribution < 1.29 is 9.53 Å². The molecular formula is C13H18N2O2. The van der Waals surface area contributed by atoms with E-state index in [2.05, 4.69) is 11.9 Å². The van der Waals surface area contributed by atoms with Crippen LogP contribution in [0.4, 0.5) is 5.69 Å². The van der Waals surface area contributed by atoms with Gasteiger partial charge in [0.15, 0.2) is 5.75 Å². The smallest absolute Gasteiger partial charge is 0.255 e. The van der Waals surface area contributed by atoms with Gasteiger partial charge in [-0.1, -0.05) is 12.1 Å². The Labute approximate surface area is 101 Å². The molecule has 0 bridgehead atoms.